The van der Waals surface area contributed by atoms with Crippen molar-refractivity contribution >= 4 is 17.4 Å². The molecule has 3 N–H and O–H groups in total. The highest BCUT2D eigenvalue weighted by molar-refractivity contribution is 7.10. The maximum atomic E-state index is 12.1. The van der Waals surface area contributed by atoms with Crippen molar-refractivity contribution in [2.45, 2.75) is 38.8 Å². The van der Waals surface area contributed by atoms with Gasteiger partial charge in [-0.05, 0) is 49.3 Å². The second-order valence-electron chi connectivity index (χ2n) is 5.75. The molecule has 2 rings (SSSR count). The van der Waals surface area contributed by atoms with E-state index in [1.54, 1.807) is 18.3 Å². The summed E-state index contributed by atoms with van der Waals surface area (Å²) in [4.78, 5) is 13.3. The van der Waals surface area contributed by atoms with Gasteiger partial charge in [-0.2, -0.15) is 0 Å². The molecular formula is C18H24N2O2S. The summed E-state index contributed by atoms with van der Waals surface area (Å²) in [5, 5.41) is 17.2. The molecule has 2 amide bonds. The minimum absolute atomic E-state index is 0.0519. The number of carbonyl (C=O) groups excluding carboxylic acids is 1. The van der Waals surface area contributed by atoms with E-state index >= 15 is 0 Å². The standard InChI is InChI=1S/C18H24N2O2S/c1-13-9-11-23-17(13)16(12-15-6-4-3-5-7-15)20-18(22)19-10-8-14(2)21/h3-7,9,11,14,16,21H,8,10,12H2,1-2H3,(H2,19,20,22). The minimum atomic E-state index is -0.407. The van der Waals surface area contributed by atoms with E-state index in [1.165, 1.54) is 16.0 Å². The van der Waals surface area contributed by atoms with Gasteiger partial charge in [0.15, 0.2) is 0 Å². The summed E-state index contributed by atoms with van der Waals surface area (Å²) in [7, 11) is 0. The lowest BCUT2D eigenvalue weighted by Crippen LogP contribution is -2.39. The predicted octanol–water partition coefficient (Wildman–Crippen LogP) is 3.41. The molecule has 0 saturated carbocycles. The highest BCUT2D eigenvalue weighted by atomic mass is 32.1. The number of carbonyl (C=O) groups is 1. The van der Waals surface area contributed by atoms with Crippen LogP contribution in [-0.2, 0) is 6.42 Å². The summed E-state index contributed by atoms with van der Waals surface area (Å²) in [5.74, 6) is 0. The molecule has 1 aromatic heterocycles. The normalized spacial score (nSPS) is 13.3. The van der Waals surface area contributed by atoms with Crippen LogP contribution in [0.5, 0.6) is 0 Å². The molecule has 0 aliphatic carbocycles. The van der Waals surface area contributed by atoms with Crippen molar-refractivity contribution in [2.75, 3.05) is 6.54 Å². The summed E-state index contributed by atoms with van der Waals surface area (Å²) >= 11 is 1.67. The maximum absolute atomic E-state index is 12.1. The number of urea groups is 1. The van der Waals surface area contributed by atoms with Crippen molar-refractivity contribution in [1.29, 1.82) is 0 Å². The molecule has 0 aliphatic rings. The Morgan fingerprint density at radius 3 is 2.61 bits per heavy atom. The van der Waals surface area contributed by atoms with Crippen LogP contribution in [0.2, 0.25) is 0 Å². The number of nitrogens with one attached hydrogen (secondary N) is 2. The SMILES string of the molecule is Cc1ccsc1C(Cc1ccccc1)NC(=O)NCCC(C)O. The van der Waals surface area contributed by atoms with E-state index in [0.717, 1.165) is 6.42 Å². The van der Waals surface area contributed by atoms with E-state index in [1.807, 2.05) is 18.2 Å². The summed E-state index contributed by atoms with van der Waals surface area (Å²) in [6, 6.07) is 12.0. The highest BCUT2D eigenvalue weighted by Crippen LogP contribution is 2.26. The molecule has 2 atom stereocenters. The number of aliphatic hydroxyl groups excluding tert-OH is 1. The Labute approximate surface area is 141 Å². The molecule has 0 radical (unpaired) electrons. The average Bonchev–Trinajstić information content (AvgIpc) is 2.93. The van der Waals surface area contributed by atoms with Gasteiger partial charge in [-0.3, -0.25) is 0 Å². The van der Waals surface area contributed by atoms with Gasteiger partial charge in [0.25, 0.3) is 0 Å². The summed E-state index contributed by atoms with van der Waals surface area (Å²) in [6.45, 7) is 4.24. The number of hydrogen-bond donors (Lipinski definition) is 3. The Balaban J connectivity index is 2.02. The van der Waals surface area contributed by atoms with Crippen molar-refractivity contribution < 1.29 is 9.90 Å². The zero-order chi connectivity index (χ0) is 16.7. The van der Waals surface area contributed by atoms with E-state index in [4.69, 9.17) is 0 Å². The van der Waals surface area contributed by atoms with Gasteiger partial charge in [-0.1, -0.05) is 30.3 Å². The average molecular weight is 332 g/mol. The maximum Gasteiger partial charge on any atom is 0.315 e. The molecule has 124 valence electrons. The third-order valence-corrected chi connectivity index (χ3v) is 4.79. The molecule has 4 nitrogen and oxygen atoms in total. The summed E-state index contributed by atoms with van der Waals surface area (Å²) < 4.78 is 0. The molecule has 5 heteroatoms. The van der Waals surface area contributed by atoms with Crippen molar-refractivity contribution in [3.63, 3.8) is 0 Å². The van der Waals surface area contributed by atoms with E-state index in [2.05, 4.69) is 41.1 Å². The zero-order valence-corrected chi connectivity index (χ0v) is 14.4. The van der Waals surface area contributed by atoms with Crippen molar-refractivity contribution in [1.82, 2.24) is 10.6 Å². The molecule has 23 heavy (non-hydrogen) atoms. The number of aliphatic hydroxyl groups is 1. The van der Waals surface area contributed by atoms with Crippen LogP contribution >= 0.6 is 11.3 Å². The van der Waals surface area contributed by atoms with Crippen molar-refractivity contribution in [3.8, 4) is 0 Å². The molecule has 0 fully saturated rings. The Morgan fingerprint density at radius 1 is 1.26 bits per heavy atom. The van der Waals surface area contributed by atoms with Gasteiger partial charge in [0.05, 0.1) is 12.1 Å². The predicted molar refractivity (Wildman–Crippen MR) is 94.8 cm³/mol. The van der Waals surface area contributed by atoms with Crippen molar-refractivity contribution in [3.05, 3.63) is 57.8 Å². The molecule has 1 aromatic carbocycles. The lowest BCUT2D eigenvalue weighted by Gasteiger charge is -2.19. The minimum Gasteiger partial charge on any atom is -0.393 e. The van der Waals surface area contributed by atoms with Crippen LogP contribution in [-0.4, -0.2) is 23.8 Å². The number of amides is 2. The van der Waals surface area contributed by atoms with Gasteiger partial charge in [0.2, 0.25) is 0 Å². The van der Waals surface area contributed by atoms with Gasteiger partial charge in [-0.15, -0.1) is 11.3 Å². The Kier molecular flexibility index (Phi) is 6.62. The van der Waals surface area contributed by atoms with Crippen LogP contribution in [0.4, 0.5) is 4.79 Å². The smallest absolute Gasteiger partial charge is 0.315 e. The van der Waals surface area contributed by atoms with Crippen LogP contribution in [0.25, 0.3) is 0 Å². The molecule has 2 aromatic rings. The molecule has 0 spiro atoms. The first-order chi connectivity index (χ1) is 11.1. The first-order valence-electron chi connectivity index (χ1n) is 7.86. The fourth-order valence-corrected chi connectivity index (χ4v) is 3.38. The van der Waals surface area contributed by atoms with Crippen LogP contribution in [0.15, 0.2) is 41.8 Å². The zero-order valence-electron chi connectivity index (χ0n) is 13.6. The second kappa shape index (κ2) is 8.70. The van der Waals surface area contributed by atoms with Gasteiger partial charge in [0, 0.05) is 11.4 Å². The number of rotatable bonds is 7. The lowest BCUT2D eigenvalue weighted by molar-refractivity contribution is 0.183. The van der Waals surface area contributed by atoms with E-state index in [0.29, 0.717) is 13.0 Å². The quantitative estimate of drug-likeness (QED) is 0.727. The number of aryl methyl sites for hydroxylation is 1. The number of hydrogen-bond acceptors (Lipinski definition) is 3. The first-order valence-corrected chi connectivity index (χ1v) is 8.74. The Bertz CT molecular complexity index is 610. The Morgan fingerprint density at radius 2 is 2.00 bits per heavy atom. The van der Waals surface area contributed by atoms with E-state index < -0.39 is 6.10 Å². The molecular weight excluding hydrogens is 308 g/mol. The Hall–Kier alpha value is -1.85. The lowest BCUT2D eigenvalue weighted by atomic mass is 10.0. The monoisotopic (exact) mass is 332 g/mol. The fraction of sp³-hybridized carbons (Fsp3) is 0.389. The van der Waals surface area contributed by atoms with Crippen LogP contribution in [0.1, 0.15) is 35.4 Å². The second-order valence-corrected chi connectivity index (χ2v) is 6.70. The molecule has 1 heterocycles. The molecule has 2 unspecified atom stereocenters. The molecule has 0 saturated heterocycles. The van der Waals surface area contributed by atoms with Gasteiger partial charge in [0.1, 0.15) is 0 Å². The largest absolute Gasteiger partial charge is 0.393 e. The fourth-order valence-electron chi connectivity index (χ4n) is 2.40. The van der Waals surface area contributed by atoms with E-state index in [9.17, 15) is 9.90 Å². The van der Waals surface area contributed by atoms with Gasteiger partial charge < -0.3 is 15.7 Å². The van der Waals surface area contributed by atoms with Crippen molar-refractivity contribution in [2.24, 2.45) is 0 Å². The third-order valence-electron chi connectivity index (χ3n) is 3.65. The third kappa shape index (κ3) is 5.69. The summed E-state index contributed by atoms with van der Waals surface area (Å²) in [5.41, 5.74) is 2.38. The number of thiophene rings is 1. The molecule has 0 bridgehead atoms. The topological polar surface area (TPSA) is 61.4 Å². The first kappa shape index (κ1) is 17.5. The van der Waals surface area contributed by atoms with Crippen LogP contribution in [0.3, 0.4) is 0 Å². The van der Waals surface area contributed by atoms with Gasteiger partial charge in [-0.25, -0.2) is 4.79 Å². The summed E-state index contributed by atoms with van der Waals surface area (Å²) in [6.07, 6.45) is 0.899. The highest BCUT2D eigenvalue weighted by Gasteiger charge is 2.18. The molecule has 0 aliphatic heterocycles. The van der Waals surface area contributed by atoms with Crippen LogP contribution in [0, 0.1) is 6.92 Å². The van der Waals surface area contributed by atoms with Crippen LogP contribution < -0.4 is 10.6 Å². The van der Waals surface area contributed by atoms with Gasteiger partial charge >= 0.3 is 6.03 Å². The number of benzene rings is 1. The van der Waals surface area contributed by atoms with E-state index in [-0.39, 0.29) is 12.1 Å².